The van der Waals surface area contributed by atoms with Crippen LogP contribution in [-0.2, 0) is 0 Å². The van der Waals surface area contributed by atoms with Crippen molar-refractivity contribution in [3.05, 3.63) is 66.0 Å². The largest absolute Gasteiger partial charge is 0.369 e. The number of anilines is 1. The summed E-state index contributed by atoms with van der Waals surface area (Å²) in [6, 6.07) is 16.6. The quantitative estimate of drug-likeness (QED) is 0.504. The molecule has 2 aromatic carbocycles. The topological polar surface area (TPSA) is 77.2 Å². The number of aromatic amines is 1. The highest BCUT2D eigenvalue weighted by Crippen LogP contribution is 2.30. The predicted molar refractivity (Wildman–Crippen MR) is 128 cm³/mol. The van der Waals surface area contributed by atoms with Gasteiger partial charge in [-0.1, -0.05) is 18.2 Å². The third kappa shape index (κ3) is 3.93. The Labute approximate surface area is 191 Å². The van der Waals surface area contributed by atoms with Crippen LogP contribution < -0.4 is 10.2 Å². The number of nitrogens with one attached hydrogen (secondary N) is 2. The van der Waals surface area contributed by atoms with Crippen molar-refractivity contribution >= 4 is 22.6 Å². The van der Waals surface area contributed by atoms with Gasteiger partial charge in [-0.3, -0.25) is 9.89 Å². The number of fused-ring (bicyclic) bond motifs is 1. The summed E-state index contributed by atoms with van der Waals surface area (Å²) in [6.07, 6.45) is 0. The van der Waals surface area contributed by atoms with Crippen LogP contribution in [-0.4, -0.2) is 66.3 Å². The van der Waals surface area contributed by atoms with Crippen molar-refractivity contribution < 1.29 is 9.18 Å². The number of amides is 1. The average molecular weight is 445 g/mol. The van der Waals surface area contributed by atoms with Gasteiger partial charge in [-0.2, -0.15) is 5.10 Å². The molecule has 4 aromatic rings. The van der Waals surface area contributed by atoms with Gasteiger partial charge in [0.25, 0.3) is 5.91 Å². The van der Waals surface area contributed by atoms with Crippen LogP contribution in [0.15, 0.2) is 54.6 Å². The first-order valence-corrected chi connectivity index (χ1v) is 10.9. The first kappa shape index (κ1) is 21.1. The predicted octanol–water partition coefficient (Wildman–Crippen LogP) is 3.54. The molecule has 5 rings (SSSR count). The van der Waals surface area contributed by atoms with Gasteiger partial charge in [-0.15, -0.1) is 0 Å². The summed E-state index contributed by atoms with van der Waals surface area (Å²) < 4.78 is 15.1. The molecule has 33 heavy (non-hydrogen) atoms. The van der Waals surface area contributed by atoms with E-state index in [9.17, 15) is 4.79 Å². The van der Waals surface area contributed by atoms with Crippen molar-refractivity contribution in [2.75, 3.05) is 45.2 Å². The number of carbonyl (C=O) groups excluding carboxylic acids is 1. The molecule has 1 fully saturated rings. The number of hydrogen-bond donors (Lipinski definition) is 2. The van der Waals surface area contributed by atoms with Gasteiger partial charge in [-0.05, 0) is 43.4 Å². The minimum Gasteiger partial charge on any atom is -0.369 e. The Hall–Kier alpha value is -3.78. The molecule has 1 aliphatic rings. The maximum atomic E-state index is 15.1. The average Bonchev–Trinajstić information content (AvgIpc) is 3.27. The van der Waals surface area contributed by atoms with Gasteiger partial charge in [0.2, 0.25) is 0 Å². The number of aromatic nitrogens is 3. The molecule has 168 valence electrons. The van der Waals surface area contributed by atoms with Crippen LogP contribution in [0, 0.1) is 5.82 Å². The Bertz CT molecular complexity index is 1310. The van der Waals surface area contributed by atoms with Crippen molar-refractivity contribution in [3.8, 4) is 22.5 Å². The van der Waals surface area contributed by atoms with Crippen molar-refractivity contribution in [3.63, 3.8) is 0 Å². The van der Waals surface area contributed by atoms with E-state index in [1.807, 2.05) is 18.2 Å². The first-order chi connectivity index (χ1) is 16.0. The Balaban J connectivity index is 1.49. The minimum absolute atomic E-state index is 0.0104. The molecule has 0 aliphatic carbocycles. The number of pyridine rings is 1. The summed E-state index contributed by atoms with van der Waals surface area (Å²) in [5.41, 5.74) is 4.96. The zero-order chi connectivity index (χ0) is 22.9. The van der Waals surface area contributed by atoms with Crippen molar-refractivity contribution in [1.82, 2.24) is 25.4 Å². The molecule has 1 saturated heterocycles. The summed E-state index contributed by atoms with van der Waals surface area (Å²) in [7, 11) is 3.62. The van der Waals surface area contributed by atoms with E-state index in [-0.39, 0.29) is 11.1 Å². The second kappa shape index (κ2) is 8.63. The number of benzene rings is 2. The number of piperazine rings is 1. The maximum absolute atomic E-state index is 15.1. The molecule has 0 atom stereocenters. The van der Waals surface area contributed by atoms with Crippen LogP contribution in [0.3, 0.4) is 0 Å². The summed E-state index contributed by atoms with van der Waals surface area (Å²) in [5.74, 6) is -1.06. The lowest BCUT2D eigenvalue weighted by Gasteiger charge is -2.34. The first-order valence-electron chi connectivity index (χ1n) is 10.9. The van der Waals surface area contributed by atoms with Crippen LogP contribution in [0.4, 0.5) is 10.1 Å². The number of carbonyl (C=O) groups is 1. The van der Waals surface area contributed by atoms with Crippen LogP contribution >= 0.6 is 0 Å². The molecular weight excluding hydrogens is 419 g/mol. The van der Waals surface area contributed by atoms with E-state index < -0.39 is 11.7 Å². The van der Waals surface area contributed by atoms with E-state index in [4.69, 9.17) is 4.98 Å². The Morgan fingerprint density at radius 1 is 1.03 bits per heavy atom. The summed E-state index contributed by atoms with van der Waals surface area (Å²) in [4.78, 5) is 21.4. The number of halogens is 1. The minimum atomic E-state index is -0.592. The van der Waals surface area contributed by atoms with E-state index in [0.29, 0.717) is 16.9 Å². The number of rotatable bonds is 4. The molecule has 3 heterocycles. The van der Waals surface area contributed by atoms with E-state index >= 15 is 4.39 Å². The highest BCUT2D eigenvalue weighted by molar-refractivity contribution is 5.96. The smallest absolute Gasteiger partial charge is 0.254 e. The molecule has 0 unspecified atom stereocenters. The molecule has 1 amide bonds. The van der Waals surface area contributed by atoms with Gasteiger partial charge < -0.3 is 15.1 Å². The van der Waals surface area contributed by atoms with Crippen LogP contribution in [0.5, 0.6) is 0 Å². The number of nitrogens with zero attached hydrogens (tertiary/aromatic N) is 4. The second-order valence-corrected chi connectivity index (χ2v) is 8.25. The van der Waals surface area contributed by atoms with Crippen molar-refractivity contribution in [2.45, 2.75) is 0 Å². The fourth-order valence-electron chi connectivity index (χ4n) is 4.18. The Kier molecular flexibility index (Phi) is 5.51. The standard InChI is InChI=1S/C25H25FN6O/c1-27-25(33)19-5-3-4-18(22(19)26)20-10-11-21-24(28-20)23(30-29-21)16-6-8-17(9-7-16)32-14-12-31(2)13-15-32/h3-11H,12-15H2,1-2H3,(H,27,33)(H,29,30). The Morgan fingerprint density at radius 3 is 2.52 bits per heavy atom. The van der Waals surface area contributed by atoms with Crippen molar-refractivity contribution in [1.29, 1.82) is 0 Å². The summed E-state index contributed by atoms with van der Waals surface area (Å²) in [6.45, 7) is 4.12. The van der Waals surface area contributed by atoms with Gasteiger partial charge in [0.15, 0.2) is 0 Å². The molecule has 7 nitrogen and oxygen atoms in total. The van der Waals surface area contributed by atoms with E-state index in [1.54, 1.807) is 18.2 Å². The molecule has 1 aliphatic heterocycles. The molecule has 0 bridgehead atoms. The number of hydrogen-bond acceptors (Lipinski definition) is 5. The molecule has 8 heteroatoms. The van der Waals surface area contributed by atoms with Crippen LogP contribution in [0.25, 0.3) is 33.5 Å². The lowest BCUT2D eigenvalue weighted by Crippen LogP contribution is -2.44. The van der Waals surface area contributed by atoms with Gasteiger partial charge in [0.05, 0.1) is 16.8 Å². The van der Waals surface area contributed by atoms with E-state index in [2.05, 4.69) is 44.5 Å². The normalized spacial score (nSPS) is 14.6. The molecular formula is C25H25FN6O. The van der Waals surface area contributed by atoms with E-state index in [0.717, 1.165) is 37.3 Å². The third-order valence-electron chi connectivity index (χ3n) is 6.16. The van der Waals surface area contributed by atoms with Gasteiger partial charge >= 0.3 is 0 Å². The SMILES string of the molecule is CNC(=O)c1cccc(-c2ccc3[nH]nc(-c4ccc(N5CCN(C)CC5)cc4)c3n2)c1F. The zero-order valence-corrected chi connectivity index (χ0v) is 18.6. The summed E-state index contributed by atoms with van der Waals surface area (Å²) in [5, 5.41) is 9.95. The van der Waals surface area contributed by atoms with Crippen molar-refractivity contribution in [2.24, 2.45) is 0 Å². The van der Waals surface area contributed by atoms with Crippen LogP contribution in [0.1, 0.15) is 10.4 Å². The maximum Gasteiger partial charge on any atom is 0.254 e. The lowest BCUT2D eigenvalue weighted by atomic mass is 10.0. The zero-order valence-electron chi connectivity index (χ0n) is 18.6. The fraction of sp³-hybridized carbons (Fsp3) is 0.240. The summed E-state index contributed by atoms with van der Waals surface area (Å²) >= 11 is 0. The molecule has 0 radical (unpaired) electrons. The van der Waals surface area contributed by atoms with Gasteiger partial charge in [-0.25, -0.2) is 9.37 Å². The molecule has 2 N–H and O–H groups in total. The van der Waals surface area contributed by atoms with Crippen LogP contribution in [0.2, 0.25) is 0 Å². The highest BCUT2D eigenvalue weighted by Gasteiger charge is 2.18. The Morgan fingerprint density at radius 2 is 1.79 bits per heavy atom. The highest BCUT2D eigenvalue weighted by atomic mass is 19.1. The third-order valence-corrected chi connectivity index (χ3v) is 6.16. The number of likely N-dealkylation sites (N-methyl/N-ethyl adjacent to an activating group) is 1. The van der Waals surface area contributed by atoms with Gasteiger partial charge in [0.1, 0.15) is 17.0 Å². The lowest BCUT2D eigenvalue weighted by molar-refractivity contribution is 0.0959. The molecule has 0 saturated carbocycles. The molecule has 0 spiro atoms. The van der Waals surface area contributed by atoms with Gasteiger partial charge in [0, 0.05) is 50.0 Å². The number of H-pyrrole nitrogens is 1. The fourth-order valence-corrected chi connectivity index (χ4v) is 4.18. The molecule has 2 aromatic heterocycles. The monoisotopic (exact) mass is 444 g/mol. The van der Waals surface area contributed by atoms with E-state index in [1.165, 1.54) is 18.8 Å². The second-order valence-electron chi connectivity index (χ2n) is 8.25.